The first-order chi connectivity index (χ1) is 11.4. The second-order valence-electron chi connectivity index (χ2n) is 7.26. The van der Waals surface area contributed by atoms with E-state index in [0.29, 0.717) is 11.5 Å². The van der Waals surface area contributed by atoms with Gasteiger partial charge >= 0.3 is 0 Å². The minimum absolute atomic E-state index is 0.0531. The number of phenols is 2. The van der Waals surface area contributed by atoms with Crippen LogP contribution in [0.5, 0.6) is 11.5 Å². The monoisotopic (exact) mass is 326 g/mol. The maximum Gasteiger partial charge on any atom is 0.115 e. The average Bonchev–Trinajstić information content (AvgIpc) is 2.56. The largest absolute Gasteiger partial charge is 0.508 e. The fourth-order valence-electron chi connectivity index (χ4n) is 4.14. The molecule has 0 spiro atoms. The molecule has 0 aliphatic heterocycles. The summed E-state index contributed by atoms with van der Waals surface area (Å²) in [5.74, 6) is 0.610. The van der Waals surface area contributed by atoms with Crippen molar-refractivity contribution in [2.45, 2.75) is 64.2 Å². The topological polar surface area (TPSA) is 40.5 Å². The van der Waals surface area contributed by atoms with Crippen LogP contribution in [0.2, 0.25) is 0 Å². The minimum Gasteiger partial charge on any atom is -0.508 e. The normalized spacial score (nSPS) is 16.3. The van der Waals surface area contributed by atoms with Crippen LogP contribution in [0.1, 0.15) is 64.5 Å². The molecule has 0 fully saturated rings. The van der Waals surface area contributed by atoms with Gasteiger partial charge in [-0.2, -0.15) is 0 Å². The highest BCUT2D eigenvalue weighted by molar-refractivity contribution is 5.41. The molecule has 0 heterocycles. The first-order valence-electron chi connectivity index (χ1n) is 8.96. The second kappa shape index (κ2) is 7.29. The smallest absolute Gasteiger partial charge is 0.115 e. The van der Waals surface area contributed by atoms with Crippen LogP contribution < -0.4 is 0 Å². The van der Waals surface area contributed by atoms with Gasteiger partial charge < -0.3 is 10.2 Å². The number of rotatable bonds is 7. The van der Waals surface area contributed by atoms with Crippen LogP contribution in [0.3, 0.4) is 0 Å². The lowest BCUT2D eigenvalue weighted by molar-refractivity contribution is 0.215. The molecule has 2 unspecified atom stereocenters. The molecule has 2 aromatic carbocycles. The molecule has 0 saturated heterocycles. The summed E-state index contributed by atoms with van der Waals surface area (Å²) in [5, 5.41) is 19.4. The van der Waals surface area contributed by atoms with Crippen molar-refractivity contribution < 1.29 is 10.2 Å². The third-order valence-corrected chi connectivity index (χ3v) is 5.73. The molecule has 2 atom stereocenters. The van der Waals surface area contributed by atoms with Crippen molar-refractivity contribution in [3.8, 4) is 11.5 Å². The van der Waals surface area contributed by atoms with Crippen molar-refractivity contribution in [2.75, 3.05) is 0 Å². The van der Waals surface area contributed by atoms with Crippen LogP contribution >= 0.6 is 0 Å². The lowest BCUT2D eigenvalue weighted by Gasteiger charge is -2.48. The van der Waals surface area contributed by atoms with Gasteiger partial charge in [0.15, 0.2) is 0 Å². The van der Waals surface area contributed by atoms with Crippen LogP contribution in [0, 0.1) is 0 Å². The Morgan fingerprint density at radius 2 is 0.917 bits per heavy atom. The summed E-state index contributed by atoms with van der Waals surface area (Å²) in [6, 6.07) is 15.4. The van der Waals surface area contributed by atoms with E-state index in [1.807, 2.05) is 0 Å². The highest BCUT2D eigenvalue weighted by Crippen LogP contribution is 2.50. The molecular weight excluding hydrogens is 296 g/mol. The van der Waals surface area contributed by atoms with Crippen molar-refractivity contribution in [1.82, 2.24) is 0 Å². The van der Waals surface area contributed by atoms with Gasteiger partial charge in [-0.15, -0.1) is 0 Å². The predicted octanol–water partition coefficient (Wildman–Crippen LogP) is 5.91. The van der Waals surface area contributed by atoms with Gasteiger partial charge in [-0.05, 0) is 48.2 Å². The lowest BCUT2D eigenvalue weighted by atomic mass is 9.55. The van der Waals surface area contributed by atoms with Crippen LogP contribution in [-0.2, 0) is 10.8 Å². The molecule has 2 rings (SSSR count). The SMILES string of the molecule is CCCC(C)(c1ccc(O)cc1)C(C)(CCC)c1ccc(O)cc1. The summed E-state index contributed by atoms with van der Waals surface area (Å²) < 4.78 is 0. The van der Waals surface area contributed by atoms with E-state index in [1.54, 1.807) is 24.3 Å². The van der Waals surface area contributed by atoms with Gasteiger partial charge in [0.2, 0.25) is 0 Å². The number of hydrogen-bond donors (Lipinski definition) is 2. The summed E-state index contributed by atoms with van der Waals surface area (Å²) in [7, 11) is 0. The Balaban J connectivity index is 2.61. The maximum absolute atomic E-state index is 9.68. The molecule has 2 aromatic rings. The molecule has 0 amide bonds. The lowest BCUT2D eigenvalue weighted by Crippen LogP contribution is -2.45. The first-order valence-corrected chi connectivity index (χ1v) is 8.96. The van der Waals surface area contributed by atoms with Crippen LogP contribution in [0.4, 0.5) is 0 Å². The van der Waals surface area contributed by atoms with E-state index in [4.69, 9.17) is 0 Å². The Bertz CT molecular complexity index is 585. The third-order valence-electron chi connectivity index (χ3n) is 5.73. The molecule has 0 aliphatic rings. The van der Waals surface area contributed by atoms with E-state index in [0.717, 1.165) is 25.7 Å². The third kappa shape index (κ3) is 3.28. The number of phenolic OH excluding ortho intramolecular Hbond substituents is 2. The van der Waals surface area contributed by atoms with Crippen LogP contribution in [-0.4, -0.2) is 10.2 Å². The van der Waals surface area contributed by atoms with Crippen molar-refractivity contribution in [3.63, 3.8) is 0 Å². The Morgan fingerprint density at radius 1 is 0.625 bits per heavy atom. The van der Waals surface area contributed by atoms with Gasteiger partial charge in [0.1, 0.15) is 11.5 Å². The molecule has 0 aliphatic carbocycles. The number of hydrogen-bond acceptors (Lipinski definition) is 2. The molecule has 2 N–H and O–H groups in total. The molecule has 0 saturated carbocycles. The van der Waals surface area contributed by atoms with Crippen LogP contribution in [0.25, 0.3) is 0 Å². The van der Waals surface area contributed by atoms with E-state index in [2.05, 4.69) is 52.0 Å². The summed E-state index contributed by atoms with van der Waals surface area (Å²) >= 11 is 0. The molecule has 0 radical (unpaired) electrons. The summed E-state index contributed by atoms with van der Waals surface area (Å²) in [6.07, 6.45) is 4.31. The Labute approximate surface area is 146 Å². The molecule has 0 aromatic heterocycles. The first kappa shape index (κ1) is 18.4. The molecule has 24 heavy (non-hydrogen) atoms. The minimum atomic E-state index is -0.0531. The second-order valence-corrected chi connectivity index (χ2v) is 7.26. The highest BCUT2D eigenvalue weighted by Gasteiger charge is 2.45. The summed E-state index contributed by atoms with van der Waals surface area (Å²) in [4.78, 5) is 0. The van der Waals surface area contributed by atoms with Gasteiger partial charge in [0.05, 0.1) is 0 Å². The van der Waals surface area contributed by atoms with Gasteiger partial charge in [-0.25, -0.2) is 0 Å². The zero-order valence-electron chi connectivity index (χ0n) is 15.3. The van der Waals surface area contributed by atoms with E-state index >= 15 is 0 Å². The highest BCUT2D eigenvalue weighted by atomic mass is 16.3. The van der Waals surface area contributed by atoms with E-state index in [9.17, 15) is 10.2 Å². The van der Waals surface area contributed by atoms with E-state index in [1.165, 1.54) is 11.1 Å². The standard InChI is InChI=1S/C22H30O2/c1-5-15-21(3,17-7-11-19(23)12-8-17)22(4,16-6-2)18-9-13-20(24)14-10-18/h7-14,23-24H,5-6,15-16H2,1-4H3. The summed E-state index contributed by atoms with van der Waals surface area (Å²) in [5.41, 5.74) is 2.41. The molecule has 130 valence electrons. The molecular formula is C22H30O2. The van der Waals surface area contributed by atoms with Crippen LogP contribution in [0.15, 0.2) is 48.5 Å². The maximum atomic E-state index is 9.68. The molecule has 2 heteroatoms. The van der Waals surface area contributed by atoms with Gasteiger partial charge in [0, 0.05) is 10.8 Å². The Kier molecular flexibility index (Phi) is 5.58. The number of benzene rings is 2. The van der Waals surface area contributed by atoms with Gasteiger partial charge in [0.25, 0.3) is 0 Å². The molecule has 0 bridgehead atoms. The molecule has 2 nitrogen and oxygen atoms in total. The Morgan fingerprint density at radius 3 is 1.17 bits per heavy atom. The zero-order valence-corrected chi connectivity index (χ0v) is 15.3. The predicted molar refractivity (Wildman–Crippen MR) is 101 cm³/mol. The fourth-order valence-corrected chi connectivity index (χ4v) is 4.14. The van der Waals surface area contributed by atoms with Gasteiger partial charge in [-0.3, -0.25) is 0 Å². The van der Waals surface area contributed by atoms with E-state index < -0.39 is 0 Å². The van der Waals surface area contributed by atoms with Crippen molar-refractivity contribution >= 4 is 0 Å². The Hall–Kier alpha value is -1.96. The van der Waals surface area contributed by atoms with Gasteiger partial charge in [-0.1, -0.05) is 64.8 Å². The van der Waals surface area contributed by atoms with Crippen molar-refractivity contribution in [3.05, 3.63) is 59.7 Å². The van der Waals surface area contributed by atoms with Crippen molar-refractivity contribution in [2.24, 2.45) is 0 Å². The van der Waals surface area contributed by atoms with Crippen molar-refractivity contribution in [1.29, 1.82) is 0 Å². The fraction of sp³-hybridized carbons (Fsp3) is 0.455. The average molecular weight is 326 g/mol. The quantitative estimate of drug-likeness (QED) is 0.663. The van der Waals surface area contributed by atoms with E-state index in [-0.39, 0.29) is 10.8 Å². The summed E-state index contributed by atoms with van der Waals surface area (Å²) in [6.45, 7) is 9.13. The number of aromatic hydroxyl groups is 2. The zero-order chi connectivity index (χ0) is 17.8.